The minimum absolute atomic E-state index is 0.111. The van der Waals surface area contributed by atoms with E-state index >= 15 is 0 Å². The van der Waals surface area contributed by atoms with Gasteiger partial charge in [0.25, 0.3) is 0 Å². The fourth-order valence-electron chi connectivity index (χ4n) is 1.23. The van der Waals surface area contributed by atoms with Gasteiger partial charge < -0.3 is 14.6 Å². The molecule has 0 spiro atoms. The van der Waals surface area contributed by atoms with E-state index in [1.807, 2.05) is 25.1 Å². The molecule has 1 rings (SSSR count). The van der Waals surface area contributed by atoms with Crippen LogP contribution in [0, 0.1) is 6.92 Å². The molecule has 0 fully saturated rings. The Morgan fingerprint density at radius 2 is 2.35 bits per heavy atom. The third-order valence-electron chi connectivity index (χ3n) is 2.08. The molecule has 1 N–H and O–H groups in total. The molecule has 0 aliphatic heterocycles. The molecule has 0 saturated carbocycles. The van der Waals surface area contributed by atoms with Crippen LogP contribution in [-0.4, -0.2) is 30.4 Å². The maximum Gasteiger partial charge on any atom is 0.330 e. The summed E-state index contributed by atoms with van der Waals surface area (Å²) in [6, 6.07) is 7.49. The molecule has 0 saturated heterocycles. The van der Waals surface area contributed by atoms with E-state index in [0.717, 1.165) is 11.6 Å². The van der Waals surface area contributed by atoms with Gasteiger partial charge in [0.05, 0.1) is 6.61 Å². The van der Waals surface area contributed by atoms with Crippen molar-refractivity contribution in [2.75, 3.05) is 13.2 Å². The first-order valence-corrected chi connectivity index (χ1v) is 5.29. The number of carbonyl (C=O) groups excluding carboxylic acids is 1. The van der Waals surface area contributed by atoms with E-state index in [9.17, 15) is 4.79 Å². The van der Waals surface area contributed by atoms with Crippen LogP contribution in [0.4, 0.5) is 0 Å². The van der Waals surface area contributed by atoms with Gasteiger partial charge in [-0.15, -0.1) is 0 Å². The van der Waals surface area contributed by atoms with Gasteiger partial charge in [-0.3, -0.25) is 0 Å². The number of benzene rings is 1. The first kappa shape index (κ1) is 13.3. The number of aliphatic hydroxyl groups is 1. The molecule has 1 atom stereocenters. The Bertz CT molecular complexity index is 387. The fraction of sp³-hybridized carbons (Fsp3) is 0.308. The quantitative estimate of drug-likeness (QED) is 0.600. The summed E-state index contributed by atoms with van der Waals surface area (Å²) in [5.41, 5.74) is 1.08. The molecule has 0 amide bonds. The highest BCUT2D eigenvalue weighted by Crippen LogP contribution is 2.12. The number of esters is 1. The summed E-state index contributed by atoms with van der Waals surface area (Å²) in [6.45, 7) is 5.06. The molecule has 1 aromatic rings. The van der Waals surface area contributed by atoms with E-state index in [2.05, 4.69) is 6.58 Å². The average molecular weight is 236 g/mol. The molecule has 4 heteroatoms. The number of ether oxygens (including phenoxy) is 2. The smallest absolute Gasteiger partial charge is 0.330 e. The second-order valence-electron chi connectivity index (χ2n) is 3.57. The van der Waals surface area contributed by atoms with Crippen LogP contribution in [-0.2, 0) is 9.53 Å². The summed E-state index contributed by atoms with van der Waals surface area (Å²) in [5, 5.41) is 9.01. The zero-order chi connectivity index (χ0) is 12.7. The van der Waals surface area contributed by atoms with Crippen LogP contribution in [0.15, 0.2) is 36.9 Å². The molecule has 4 nitrogen and oxygen atoms in total. The first-order chi connectivity index (χ1) is 8.15. The van der Waals surface area contributed by atoms with Gasteiger partial charge in [-0.2, -0.15) is 0 Å². The second kappa shape index (κ2) is 6.70. The number of hydrogen-bond donors (Lipinski definition) is 1. The number of aryl methyl sites for hydroxylation is 1. The second-order valence-corrected chi connectivity index (χ2v) is 3.57. The summed E-state index contributed by atoms with van der Waals surface area (Å²) < 4.78 is 10.3. The molecule has 92 valence electrons. The third-order valence-corrected chi connectivity index (χ3v) is 2.08. The normalized spacial score (nSPS) is 11.6. The maximum atomic E-state index is 10.9. The maximum absolute atomic E-state index is 10.9. The Kier molecular flexibility index (Phi) is 5.23. The minimum Gasteiger partial charge on any atom is -0.490 e. The predicted octanol–water partition coefficient (Wildman–Crippen LogP) is 1.46. The Labute approximate surface area is 100 Å². The van der Waals surface area contributed by atoms with Crippen LogP contribution >= 0.6 is 0 Å². The number of aliphatic hydroxyl groups excluding tert-OH is 1. The molecule has 0 aliphatic rings. The summed E-state index contributed by atoms with van der Waals surface area (Å²) >= 11 is 0. The van der Waals surface area contributed by atoms with Crippen molar-refractivity contribution in [1.82, 2.24) is 0 Å². The molecular formula is C13H16O4. The van der Waals surface area contributed by atoms with Crippen molar-refractivity contribution in [2.24, 2.45) is 0 Å². The van der Waals surface area contributed by atoms with Crippen molar-refractivity contribution in [3.63, 3.8) is 0 Å². The molecule has 0 heterocycles. The SMILES string of the molecule is C=CC(=O)OC(CO)COc1cccc(C)c1. The Morgan fingerprint density at radius 1 is 1.59 bits per heavy atom. The van der Waals surface area contributed by atoms with Gasteiger partial charge in [0.2, 0.25) is 0 Å². The number of hydrogen-bond acceptors (Lipinski definition) is 4. The van der Waals surface area contributed by atoms with E-state index in [0.29, 0.717) is 5.75 Å². The van der Waals surface area contributed by atoms with Gasteiger partial charge in [0.1, 0.15) is 12.4 Å². The van der Waals surface area contributed by atoms with Crippen LogP contribution in [0.25, 0.3) is 0 Å². The topological polar surface area (TPSA) is 55.8 Å². The van der Waals surface area contributed by atoms with E-state index in [1.165, 1.54) is 0 Å². The van der Waals surface area contributed by atoms with Crippen LogP contribution in [0.5, 0.6) is 5.75 Å². The zero-order valence-electron chi connectivity index (χ0n) is 9.76. The van der Waals surface area contributed by atoms with Crippen molar-refractivity contribution < 1.29 is 19.4 Å². The number of rotatable bonds is 6. The van der Waals surface area contributed by atoms with Gasteiger partial charge in [0.15, 0.2) is 6.10 Å². The lowest BCUT2D eigenvalue weighted by molar-refractivity contribution is -0.146. The van der Waals surface area contributed by atoms with Crippen molar-refractivity contribution in [2.45, 2.75) is 13.0 Å². The van der Waals surface area contributed by atoms with Gasteiger partial charge in [-0.05, 0) is 24.6 Å². The summed E-state index contributed by atoms with van der Waals surface area (Å²) in [7, 11) is 0. The Morgan fingerprint density at radius 3 is 2.94 bits per heavy atom. The lowest BCUT2D eigenvalue weighted by Crippen LogP contribution is -2.27. The van der Waals surface area contributed by atoms with E-state index in [1.54, 1.807) is 6.07 Å². The van der Waals surface area contributed by atoms with Crippen LogP contribution < -0.4 is 4.74 Å². The van der Waals surface area contributed by atoms with Crippen molar-refractivity contribution in [1.29, 1.82) is 0 Å². The Hall–Kier alpha value is -1.81. The van der Waals surface area contributed by atoms with Gasteiger partial charge in [-0.1, -0.05) is 18.7 Å². The fourth-order valence-corrected chi connectivity index (χ4v) is 1.23. The molecule has 0 bridgehead atoms. The molecule has 1 aromatic carbocycles. The molecule has 0 aromatic heterocycles. The zero-order valence-corrected chi connectivity index (χ0v) is 9.76. The monoisotopic (exact) mass is 236 g/mol. The van der Waals surface area contributed by atoms with Crippen molar-refractivity contribution in [3.8, 4) is 5.75 Å². The first-order valence-electron chi connectivity index (χ1n) is 5.29. The summed E-state index contributed by atoms with van der Waals surface area (Å²) in [6.07, 6.45) is 0.371. The van der Waals surface area contributed by atoms with Gasteiger partial charge in [-0.25, -0.2) is 4.79 Å². The largest absolute Gasteiger partial charge is 0.490 e. The highest BCUT2D eigenvalue weighted by atomic mass is 16.6. The van der Waals surface area contributed by atoms with Crippen molar-refractivity contribution >= 4 is 5.97 Å². The third kappa shape index (κ3) is 4.70. The molecule has 0 radical (unpaired) electrons. The van der Waals surface area contributed by atoms with Crippen LogP contribution in [0.3, 0.4) is 0 Å². The predicted molar refractivity (Wildman–Crippen MR) is 63.8 cm³/mol. The van der Waals surface area contributed by atoms with Crippen LogP contribution in [0.2, 0.25) is 0 Å². The summed E-state index contributed by atoms with van der Waals surface area (Å²) in [5.74, 6) is 0.106. The molecule has 17 heavy (non-hydrogen) atoms. The van der Waals surface area contributed by atoms with E-state index < -0.39 is 12.1 Å². The van der Waals surface area contributed by atoms with E-state index in [4.69, 9.17) is 14.6 Å². The highest BCUT2D eigenvalue weighted by Gasteiger charge is 2.12. The summed E-state index contributed by atoms with van der Waals surface area (Å²) in [4.78, 5) is 10.9. The molecular weight excluding hydrogens is 220 g/mol. The van der Waals surface area contributed by atoms with E-state index in [-0.39, 0.29) is 13.2 Å². The van der Waals surface area contributed by atoms with Gasteiger partial charge >= 0.3 is 5.97 Å². The Balaban J connectivity index is 2.47. The van der Waals surface area contributed by atoms with Crippen molar-refractivity contribution in [3.05, 3.63) is 42.5 Å². The molecule has 1 unspecified atom stereocenters. The minimum atomic E-state index is -0.680. The lowest BCUT2D eigenvalue weighted by atomic mass is 10.2. The van der Waals surface area contributed by atoms with Crippen LogP contribution in [0.1, 0.15) is 5.56 Å². The standard InChI is InChI=1S/C13H16O4/c1-3-13(15)17-12(8-14)9-16-11-6-4-5-10(2)7-11/h3-7,12,14H,1,8-9H2,2H3. The average Bonchev–Trinajstić information content (AvgIpc) is 2.34. The number of carbonyl (C=O) groups is 1. The highest BCUT2D eigenvalue weighted by molar-refractivity contribution is 5.81. The molecule has 0 aliphatic carbocycles. The van der Waals surface area contributed by atoms with Gasteiger partial charge in [0, 0.05) is 6.08 Å². The lowest BCUT2D eigenvalue weighted by Gasteiger charge is -2.15.